The largest absolute Gasteiger partial charge is 0.345 e. The molecule has 0 N–H and O–H groups in total. The molecule has 1 aromatic heterocycles. The Balaban J connectivity index is 1.86. The molecule has 0 atom stereocenters. The van der Waals surface area contributed by atoms with E-state index in [1.165, 1.54) is 11.6 Å². The van der Waals surface area contributed by atoms with Crippen molar-refractivity contribution in [1.82, 2.24) is 9.47 Å². The van der Waals surface area contributed by atoms with Crippen LogP contribution in [0.3, 0.4) is 0 Å². The lowest BCUT2D eigenvalue weighted by molar-refractivity contribution is -0.385. The first-order valence-electron chi connectivity index (χ1n) is 10.1. The van der Waals surface area contributed by atoms with E-state index in [1.54, 1.807) is 24.0 Å². The summed E-state index contributed by atoms with van der Waals surface area (Å²) in [5.74, 6) is 0.0752. The molecular formula is C24H27N3O3. The molecule has 0 radical (unpaired) electrons. The molecule has 0 fully saturated rings. The number of hydrogen-bond acceptors (Lipinski definition) is 3. The van der Waals surface area contributed by atoms with Gasteiger partial charge in [-0.1, -0.05) is 50.2 Å². The van der Waals surface area contributed by atoms with Crippen LogP contribution in [0.4, 0.5) is 5.69 Å². The Bertz CT molecular complexity index is 1030. The van der Waals surface area contributed by atoms with Crippen molar-refractivity contribution in [3.05, 3.63) is 99.4 Å². The number of hydrogen-bond donors (Lipinski definition) is 0. The highest BCUT2D eigenvalue weighted by Crippen LogP contribution is 2.22. The van der Waals surface area contributed by atoms with Crippen LogP contribution in [-0.4, -0.2) is 26.8 Å². The van der Waals surface area contributed by atoms with Gasteiger partial charge in [-0.05, 0) is 36.6 Å². The summed E-state index contributed by atoms with van der Waals surface area (Å²) in [7, 11) is 0. The van der Waals surface area contributed by atoms with Gasteiger partial charge in [-0.2, -0.15) is 0 Å². The van der Waals surface area contributed by atoms with E-state index in [1.807, 2.05) is 36.5 Å². The van der Waals surface area contributed by atoms with Gasteiger partial charge in [-0.15, -0.1) is 0 Å². The molecule has 0 spiro atoms. The molecule has 156 valence electrons. The molecule has 2 aromatic carbocycles. The summed E-state index contributed by atoms with van der Waals surface area (Å²) >= 11 is 0. The maximum Gasteiger partial charge on any atom is 0.273 e. The van der Waals surface area contributed by atoms with Gasteiger partial charge in [0.25, 0.3) is 11.6 Å². The van der Waals surface area contributed by atoms with Gasteiger partial charge in [0.15, 0.2) is 0 Å². The van der Waals surface area contributed by atoms with Crippen LogP contribution in [0.5, 0.6) is 0 Å². The standard InChI is InChI=1S/C24H27N3O3/c1-18(2)15-26(24(28)21-12-11-19(3)23(14-21)27(29)30)17-22-10-7-13-25(22)16-20-8-5-4-6-9-20/h4-14,18H,15-17H2,1-3H3. The molecule has 6 nitrogen and oxygen atoms in total. The first-order valence-corrected chi connectivity index (χ1v) is 10.1. The SMILES string of the molecule is Cc1ccc(C(=O)N(Cc2cccn2Cc2ccccc2)CC(C)C)cc1[N+](=O)[O-]. The molecule has 30 heavy (non-hydrogen) atoms. The van der Waals surface area contributed by atoms with E-state index >= 15 is 0 Å². The van der Waals surface area contributed by atoms with Crippen molar-refractivity contribution in [2.75, 3.05) is 6.54 Å². The minimum atomic E-state index is -0.441. The Morgan fingerprint density at radius 1 is 1.10 bits per heavy atom. The number of amides is 1. The van der Waals surface area contributed by atoms with Gasteiger partial charge in [0, 0.05) is 42.2 Å². The Morgan fingerprint density at radius 3 is 2.50 bits per heavy atom. The van der Waals surface area contributed by atoms with Crippen LogP contribution in [0.25, 0.3) is 0 Å². The minimum Gasteiger partial charge on any atom is -0.345 e. The van der Waals surface area contributed by atoms with Gasteiger partial charge < -0.3 is 9.47 Å². The van der Waals surface area contributed by atoms with Crippen molar-refractivity contribution >= 4 is 11.6 Å². The third kappa shape index (κ3) is 5.14. The van der Waals surface area contributed by atoms with Crippen LogP contribution >= 0.6 is 0 Å². The maximum atomic E-state index is 13.3. The van der Waals surface area contributed by atoms with Crippen molar-refractivity contribution in [2.45, 2.75) is 33.9 Å². The van der Waals surface area contributed by atoms with Crippen molar-refractivity contribution in [3.8, 4) is 0 Å². The predicted octanol–water partition coefficient (Wildman–Crippen LogP) is 5.05. The Kier molecular flexibility index (Phi) is 6.67. The summed E-state index contributed by atoms with van der Waals surface area (Å²) in [6.45, 7) is 7.52. The predicted molar refractivity (Wildman–Crippen MR) is 117 cm³/mol. The third-order valence-corrected chi connectivity index (χ3v) is 5.00. The number of aromatic nitrogens is 1. The van der Waals surface area contributed by atoms with Crippen LogP contribution in [0.2, 0.25) is 0 Å². The Labute approximate surface area is 176 Å². The molecule has 1 heterocycles. The molecule has 0 aliphatic carbocycles. The second-order valence-electron chi connectivity index (χ2n) is 7.95. The van der Waals surface area contributed by atoms with E-state index in [4.69, 9.17) is 0 Å². The van der Waals surface area contributed by atoms with Gasteiger partial charge >= 0.3 is 0 Å². The lowest BCUT2D eigenvalue weighted by atomic mass is 10.1. The van der Waals surface area contributed by atoms with Gasteiger partial charge in [0.1, 0.15) is 0 Å². The van der Waals surface area contributed by atoms with Gasteiger partial charge in [-0.25, -0.2) is 0 Å². The zero-order valence-electron chi connectivity index (χ0n) is 17.6. The van der Waals surface area contributed by atoms with Crippen LogP contribution in [0.15, 0.2) is 66.9 Å². The van der Waals surface area contributed by atoms with E-state index in [2.05, 4.69) is 30.5 Å². The zero-order valence-corrected chi connectivity index (χ0v) is 17.6. The number of rotatable bonds is 8. The highest BCUT2D eigenvalue weighted by molar-refractivity contribution is 5.95. The fourth-order valence-electron chi connectivity index (χ4n) is 3.50. The molecule has 1 amide bonds. The van der Waals surface area contributed by atoms with E-state index in [-0.39, 0.29) is 17.5 Å². The van der Waals surface area contributed by atoms with Gasteiger partial charge in [0.2, 0.25) is 0 Å². The lowest BCUT2D eigenvalue weighted by Gasteiger charge is -2.25. The topological polar surface area (TPSA) is 68.4 Å². The highest BCUT2D eigenvalue weighted by atomic mass is 16.6. The normalized spacial score (nSPS) is 10.9. The van der Waals surface area contributed by atoms with Crippen molar-refractivity contribution in [2.24, 2.45) is 5.92 Å². The Morgan fingerprint density at radius 2 is 1.83 bits per heavy atom. The van der Waals surface area contributed by atoms with Crippen LogP contribution in [0.1, 0.15) is 41.0 Å². The van der Waals surface area contributed by atoms with Crippen molar-refractivity contribution in [1.29, 1.82) is 0 Å². The number of nitro groups is 1. The van der Waals surface area contributed by atoms with E-state index in [0.29, 0.717) is 24.2 Å². The molecule has 0 unspecified atom stereocenters. The molecule has 0 saturated heterocycles. The van der Waals surface area contributed by atoms with Gasteiger partial charge in [-0.3, -0.25) is 14.9 Å². The average Bonchev–Trinajstić information content (AvgIpc) is 3.14. The first kappa shape index (κ1) is 21.3. The summed E-state index contributed by atoms with van der Waals surface area (Å²) in [6, 6.07) is 18.8. The molecule has 6 heteroatoms. The fourth-order valence-corrected chi connectivity index (χ4v) is 3.50. The molecule has 3 aromatic rings. The van der Waals surface area contributed by atoms with E-state index in [0.717, 1.165) is 12.2 Å². The number of nitro benzene ring substituents is 1. The fraction of sp³-hybridized carbons (Fsp3) is 0.292. The molecule has 3 rings (SSSR count). The average molecular weight is 405 g/mol. The lowest BCUT2D eigenvalue weighted by Crippen LogP contribution is -2.34. The number of carbonyl (C=O) groups is 1. The van der Waals surface area contributed by atoms with Crippen molar-refractivity contribution < 1.29 is 9.72 Å². The molecular weight excluding hydrogens is 378 g/mol. The monoisotopic (exact) mass is 405 g/mol. The van der Waals surface area contributed by atoms with Gasteiger partial charge in [0.05, 0.1) is 11.5 Å². The molecule has 0 bridgehead atoms. The number of carbonyl (C=O) groups excluding carboxylic acids is 1. The Hall–Kier alpha value is -3.41. The van der Waals surface area contributed by atoms with Crippen LogP contribution < -0.4 is 0 Å². The zero-order chi connectivity index (χ0) is 21.7. The molecule has 0 aliphatic heterocycles. The summed E-state index contributed by atoms with van der Waals surface area (Å²) in [5, 5.41) is 11.3. The summed E-state index contributed by atoms with van der Waals surface area (Å²) in [5.41, 5.74) is 3.07. The second-order valence-corrected chi connectivity index (χ2v) is 7.95. The van der Waals surface area contributed by atoms with Crippen LogP contribution in [-0.2, 0) is 13.1 Å². The highest BCUT2D eigenvalue weighted by Gasteiger charge is 2.22. The summed E-state index contributed by atoms with van der Waals surface area (Å²) in [4.78, 5) is 25.9. The summed E-state index contributed by atoms with van der Waals surface area (Å²) in [6.07, 6.45) is 2.01. The molecule has 0 saturated carbocycles. The number of nitrogens with zero attached hydrogens (tertiary/aromatic N) is 3. The van der Waals surface area contributed by atoms with E-state index < -0.39 is 4.92 Å². The number of benzene rings is 2. The van der Waals surface area contributed by atoms with Crippen LogP contribution in [0, 0.1) is 23.0 Å². The second kappa shape index (κ2) is 9.39. The van der Waals surface area contributed by atoms with E-state index in [9.17, 15) is 14.9 Å². The number of aryl methyl sites for hydroxylation is 1. The quantitative estimate of drug-likeness (QED) is 0.389. The summed E-state index contributed by atoms with van der Waals surface area (Å²) < 4.78 is 2.13. The third-order valence-electron chi connectivity index (χ3n) is 5.00. The first-order chi connectivity index (χ1) is 14.3. The minimum absolute atomic E-state index is 0.0298. The smallest absolute Gasteiger partial charge is 0.273 e. The maximum absolute atomic E-state index is 13.3. The van der Waals surface area contributed by atoms with Crippen molar-refractivity contribution in [3.63, 3.8) is 0 Å². The molecule has 0 aliphatic rings.